The van der Waals surface area contributed by atoms with Gasteiger partial charge in [-0.1, -0.05) is 0 Å². The maximum Gasteiger partial charge on any atom is 0.331 e. The minimum absolute atomic E-state index is 0.347. The van der Waals surface area contributed by atoms with Gasteiger partial charge in [0, 0.05) is 5.38 Å². The van der Waals surface area contributed by atoms with Crippen LogP contribution in [-0.4, -0.2) is 31.9 Å². The third kappa shape index (κ3) is 2.29. The summed E-state index contributed by atoms with van der Waals surface area (Å²) < 4.78 is 19.1. The van der Waals surface area contributed by atoms with Gasteiger partial charge in [-0.3, -0.25) is 14.3 Å². The van der Waals surface area contributed by atoms with Crippen LogP contribution in [0.1, 0.15) is 6.23 Å². The summed E-state index contributed by atoms with van der Waals surface area (Å²) >= 11 is 5.26. The minimum atomic E-state index is -1.99. The maximum atomic E-state index is 13.3. The fourth-order valence-electron chi connectivity index (χ4n) is 1.85. The monoisotopic (exact) mass is 317 g/mol. The molecule has 0 spiro atoms. The van der Waals surface area contributed by atoms with Gasteiger partial charge in [-0.2, -0.15) is 4.39 Å². The summed E-state index contributed by atoms with van der Waals surface area (Å²) in [7, 11) is 0. The SMILES string of the molecule is NC1(C#CCl)C(O)=C(CO)O[C@H]1n1cc(F)c(=O)[nH]c1=O. The van der Waals surface area contributed by atoms with Crippen LogP contribution >= 0.6 is 11.6 Å². The summed E-state index contributed by atoms with van der Waals surface area (Å²) in [5.74, 6) is -0.0455. The van der Waals surface area contributed by atoms with E-state index < -0.39 is 41.2 Å². The van der Waals surface area contributed by atoms with Crippen molar-refractivity contribution in [2.24, 2.45) is 5.73 Å². The van der Waals surface area contributed by atoms with Crippen molar-refractivity contribution < 1.29 is 19.3 Å². The molecule has 0 amide bonds. The highest BCUT2D eigenvalue weighted by Gasteiger charge is 2.49. The molecule has 5 N–H and O–H groups in total. The number of aromatic amines is 1. The van der Waals surface area contributed by atoms with E-state index in [0.29, 0.717) is 10.8 Å². The topological polar surface area (TPSA) is 131 Å². The summed E-state index contributed by atoms with van der Waals surface area (Å²) in [5.41, 5.74) is 1.58. The lowest BCUT2D eigenvalue weighted by atomic mass is 9.98. The molecule has 2 rings (SSSR count). The van der Waals surface area contributed by atoms with Gasteiger partial charge in [0.15, 0.2) is 17.1 Å². The van der Waals surface area contributed by atoms with Crippen molar-refractivity contribution in [2.45, 2.75) is 11.8 Å². The molecule has 10 heteroatoms. The van der Waals surface area contributed by atoms with E-state index in [1.54, 1.807) is 4.98 Å². The van der Waals surface area contributed by atoms with Gasteiger partial charge in [-0.05, 0) is 17.5 Å². The zero-order chi connectivity index (χ0) is 15.8. The molecule has 0 aliphatic carbocycles. The highest BCUT2D eigenvalue weighted by molar-refractivity contribution is 6.30. The second kappa shape index (κ2) is 5.25. The van der Waals surface area contributed by atoms with E-state index in [0.717, 1.165) is 0 Å². The first-order chi connectivity index (χ1) is 9.85. The number of nitrogens with two attached hydrogens (primary N) is 1. The van der Waals surface area contributed by atoms with Crippen LogP contribution in [-0.2, 0) is 4.74 Å². The average Bonchev–Trinajstić information content (AvgIpc) is 2.67. The highest BCUT2D eigenvalue weighted by atomic mass is 35.5. The van der Waals surface area contributed by atoms with Gasteiger partial charge in [-0.15, -0.1) is 0 Å². The highest BCUT2D eigenvalue weighted by Crippen LogP contribution is 2.37. The molecular formula is C11H9ClFN3O5. The number of nitrogens with zero attached hydrogens (tertiary/aromatic N) is 1. The molecule has 0 aromatic carbocycles. The van der Waals surface area contributed by atoms with E-state index >= 15 is 0 Å². The summed E-state index contributed by atoms with van der Waals surface area (Å²) in [6, 6.07) is 0. The Balaban J connectivity index is 2.64. The van der Waals surface area contributed by atoms with Crippen LogP contribution in [0.4, 0.5) is 4.39 Å². The first-order valence-electron chi connectivity index (χ1n) is 5.48. The number of nitrogens with one attached hydrogen (secondary N) is 1. The zero-order valence-corrected chi connectivity index (χ0v) is 11.0. The fraction of sp³-hybridized carbons (Fsp3) is 0.273. The quantitative estimate of drug-likeness (QED) is 0.510. The Kier molecular flexibility index (Phi) is 3.78. The van der Waals surface area contributed by atoms with Gasteiger partial charge in [0.2, 0.25) is 12.0 Å². The minimum Gasteiger partial charge on any atom is -0.506 e. The largest absolute Gasteiger partial charge is 0.506 e. The Morgan fingerprint density at radius 2 is 2.29 bits per heavy atom. The third-order valence-corrected chi connectivity index (χ3v) is 2.97. The third-order valence-electron chi connectivity index (χ3n) is 2.87. The van der Waals surface area contributed by atoms with Crippen molar-refractivity contribution in [2.75, 3.05) is 6.61 Å². The molecule has 1 aliphatic heterocycles. The van der Waals surface area contributed by atoms with E-state index in [2.05, 4.69) is 5.92 Å². The normalized spacial score (nSPS) is 24.5. The lowest BCUT2D eigenvalue weighted by molar-refractivity contribution is 0.0330. The van der Waals surface area contributed by atoms with Gasteiger partial charge in [-0.25, -0.2) is 4.79 Å². The van der Waals surface area contributed by atoms with Crippen LogP contribution < -0.4 is 17.0 Å². The van der Waals surface area contributed by atoms with Crippen LogP contribution in [0.5, 0.6) is 0 Å². The molecule has 0 saturated heterocycles. The Morgan fingerprint density at radius 3 is 2.86 bits per heavy atom. The predicted octanol–water partition coefficient (Wildman–Crippen LogP) is -1.14. The Bertz CT molecular complexity index is 790. The van der Waals surface area contributed by atoms with Crippen LogP contribution in [0.25, 0.3) is 0 Å². The van der Waals surface area contributed by atoms with Gasteiger partial charge >= 0.3 is 5.69 Å². The number of hydrogen-bond donors (Lipinski definition) is 4. The molecule has 0 fully saturated rings. The van der Waals surface area contributed by atoms with Crippen molar-refractivity contribution in [1.29, 1.82) is 0 Å². The van der Waals surface area contributed by atoms with Gasteiger partial charge in [0.25, 0.3) is 5.56 Å². The number of hydrogen-bond acceptors (Lipinski definition) is 6. The average molecular weight is 318 g/mol. The molecule has 2 atom stereocenters. The molecule has 2 heterocycles. The zero-order valence-electron chi connectivity index (χ0n) is 10.3. The standard InChI is InChI=1S/C11H9ClFN3O5/c12-2-1-11(14)7(18)6(4-17)21-9(11)16-3-5(13)8(19)15-10(16)20/h3,9,17-18H,4,14H2,(H,15,19,20)/t9-,11?/m1/s1. The van der Waals surface area contributed by atoms with Gasteiger partial charge in [0.05, 0.1) is 6.20 Å². The fourth-order valence-corrected chi connectivity index (χ4v) is 2.01. The molecule has 1 unspecified atom stereocenters. The van der Waals surface area contributed by atoms with E-state index in [4.69, 9.17) is 27.2 Å². The van der Waals surface area contributed by atoms with E-state index in [9.17, 15) is 19.1 Å². The molecule has 1 aliphatic rings. The number of halogens is 2. The lowest BCUT2D eigenvalue weighted by Gasteiger charge is -2.25. The molecule has 1 aromatic heterocycles. The van der Waals surface area contributed by atoms with E-state index in [1.165, 1.54) is 0 Å². The number of aromatic nitrogens is 2. The van der Waals surface area contributed by atoms with E-state index in [1.807, 2.05) is 5.38 Å². The molecular weight excluding hydrogens is 309 g/mol. The van der Waals surface area contributed by atoms with Gasteiger partial charge in [0.1, 0.15) is 6.61 Å². The molecule has 0 saturated carbocycles. The maximum absolute atomic E-state index is 13.3. The number of rotatable bonds is 2. The van der Waals surface area contributed by atoms with Crippen LogP contribution in [0.3, 0.4) is 0 Å². The smallest absolute Gasteiger partial charge is 0.331 e. The van der Waals surface area contributed by atoms with Crippen molar-refractivity contribution in [3.63, 3.8) is 0 Å². The number of aliphatic hydroxyl groups excluding tert-OH is 2. The second-order valence-electron chi connectivity index (χ2n) is 4.13. The molecule has 1 aromatic rings. The van der Waals surface area contributed by atoms with Crippen LogP contribution in [0.15, 0.2) is 27.3 Å². The lowest BCUT2D eigenvalue weighted by Crippen LogP contribution is -2.50. The van der Waals surface area contributed by atoms with Crippen molar-refractivity contribution in [3.05, 3.63) is 44.4 Å². The van der Waals surface area contributed by atoms with Crippen molar-refractivity contribution >= 4 is 11.6 Å². The van der Waals surface area contributed by atoms with Crippen LogP contribution in [0, 0.1) is 17.1 Å². The number of aliphatic hydroxyl groups is 2. The number of ether oxygens (including phenoxy) is 1. The summed E-state index contributed by atoms with van der Waals surface area (Å²) in [6.07, 6.45) is -0.971. The van der Waals surface area contributed by atoms with Crippen molar-refractivity contribution in [1.82, 2.24) is 9.55 Å². The predicted molar refractivity (Wildman–Crippen MR) is 68.7 cm³/mol. The molecule has 0 bridgehead atoms. The Hall–Kier alpha value is -2.28. The summed E-state index contributed by atoms with van der Waals surface area (Å²) in [5, 5.41) is 20.9. The first-order valence-corrected chi connectivity index (χ1v) is 5.85. The van der Waals surface area contributed by atoms with E-state index in [-0.39, 0.29) is 5.76 Å². The first kappa shape index (κ1) is 15.1. The molecule has 21 heavy (non-hydrogen) atoms. The van der Waals surface area contributed by atoms with Gasteiger partial charge < -0.3 is 20.7 Å². The molecule has 112 valence electrons. The van der Waals surface area contributed by atoms with Crippen LogP contribution in [0.2, 0.25) is 0 Å². The summed E-state index contributed by atoms with van der Waals surface area (Å²) in [4.78, 5) is 24.5. The Morgan fingerprint density at radius 1 is 1.62 bits per heavy atom. The van der Waals surface area contributed by atoms with Crippen molar-refractivity contribution in [3.8, 4) is 11.3 Å². The number of H-pyrrole nitrogens is 1. The molecule has 0 radical (unpaired) electrons. The summed E-state index contributed by atoms with van der Waals surface area (Å²) in [6.45, 7) is -0.730. The molecule has 8 nitrogen and oxygen atoms in total. The Labute approximate surface area is 121 Å². The second-order valence-corrected chi connectivity index (χ2v) is 4.32.